The number of hydrogen-bond acceptors (Lipinski definition) is 3. The molecule has 118 valence electrons. The monoisotopic (exact) mass is 290 g/mol. The predicted octanol–water partition coefficient (Wildman–Crippen LogP) is 3.46. The van der Waals surface area contributed by atoms with Crippen molar-refractivity contribution in [1.29, 1.82) is 0 Å². The summed E-state index contributed by atoms with van der Waals surface area (Å²) in [6.07, 6.45) is 1.50. The smallest absolute Gasteiger partial charge is 0.119 e. The van der Waals surface area contributed by atoms with E-state index in [2.05, 4.69) is 69.2 Å². The quantitative estimate of drug-likeness (QED) is 0.868. The summed E-state index contributed by atoms with van der Waals surface area (Å²) in [5, 5.41) is 3.59. The van der Waals surface area contributed by atoms with Crippen LogP contribution in [-0.4, -0.2) is 37.2 Å². The van der Waals surface area contributed by atoms with Crippen LogP contribution in [0.2, 0.25) is 0 Å². The van der Waals surface area contributed by atoms with E-state index in [1.807, 2.05) is 0 Å². The third-order valence-corrected chi connectivity index (χ3v) is 4.16. The molecule has 0 amide bonds. The minimum absolute atomic E-state index is 0.230. The van der Waals surface area contributed by atoms with Crippen molar-refractivity contribution >= 4 is 0 Å². The Labute approximate surface area is 129 Å². The maximum atomic E-state index is 5.74. The van der Waals surface area contributed by atoms with Gasteiger partial charge in [0.2, 0.25) is 0 Å². The van der Waals surface area contributed by atoms with Gasteiger partial charge in [-0.3, -0.25) is 4.90 Å². The average molecular weight is 290 g/mol. The highest BCUT2D eigenvalue weighted by atomic mass is 16.5. The van der Waals surface area contributed by atoms with Crippen LogP contribution < -0.4 is 10.1 Å². The Morgan fingerprint density at radius 1 is 1.19 bits per heavy atom. The van der Waals surface area contributed by atoms with Gasteiger partial charge in [0.1, 0.15) is 5.75 Å². The van der Waals surface area contributed by atoms with Gasteiger partial charge in [-0.05, 0) is 57.5 Å². The number of ether oxygens (including phenoxy) is 1. The van der Waals surface area contributed by atoms with Gasteiger partial charge in [-0.15, -0.1) is 0 Å². The number of hydrogen-bond donors (Lipinski definition) is 1. The normalized spacial score (nSPS) is 23.2. The Morgan fingerprint density at radius 2 is 1.86 bits per heavy atom. The molecule has 21 heavy (non-hydrogen) atoms. The van der Waals surface area contributed by atoms with Gasteiger partial charge in [0.25, 0.3) is 0 Å². The van der Waals surface area contributed by atoms with Crippen LogP contribution in [0, 0.1) is 5.92 Å². The molecule has 0 aromatic heterocycles. The van der Waals surface area contributed by atoms with Crippen LogP contribution in [0.15, 0.2) is 24.3 Å². The summed E-state index contributed by atoms with van der Waals surface area (Å²) in [7, 11) is 2.23. The topological polar surface area (TPSA) is 24.5 Å². The summed E-state index contributed by atoms with van der Waals surface area (Å²) in [6.45, 7) is 10.8. The van der Waals surface area contributed by atoms with Crippen molar-refractivity contribution in [1.82, 2.24) is 10.2 Å². The lowest BCUT2D eigenvalue weighted by atomic mass is 9.93. The fourth-order valence-corrected chi connectivity index (χ4v) is 3.17. The van der Waals surface area contributed by atoms with E-state index in [1.165, 1.54) is 18.5 Å². The average Bonchev–Trinajstić information content (AvgIpc) is 2.78. The van der Waals surface area contributed by atoms with Gasteiger partial charge in [-0.1, -0.05) is 26.0 Å². The number of benzene rings is 1. The molecule has 2 atom stereocenters. The van der Waals surface area contributed by atoms with Crippen molar-refractivity contribution in [3.63, 3.8) is 0 Å². The Balaban J connectivity index is 2.06. The summed E-state index contributed by atoms with van der Waals surface area (Å²) >= 11 is 0. The van der Waals surface area contributed by atoms with Crippen molar-refractivity contribution in [3.8, 4) is 5.75 Å². The van der Waals surface area contributed by atoms with Crippen LogP contribution >= 0.6 is 0 Å². The van der Waals surface area contributed by atoms with Gasteiger partial charge in [0.15, 0.2) is 0 Å². The van der Waals surface area contributed by atoms with E-state index >= 15 is 0 Å². The van der Waals surface area contributed by atoms with E-state index in [-0.39, 0.29) is 6.10 Å². The first-order valence-corrected chi connectivity index (χ1v) is 8.17. The molecule has 0 aliphatic carbocycles. The van der Waals surface area contributed by atoms with Crippen LogP contribution in [0.1, 0.15) is 45.7 Å². The maximum absolute atomic E-state index is 5.74. The first-order valence-electron chi connectivity index (χ1n) is 8.17. The lowest BCUT2D eigenvalue weighted by molar-refractivity contribution is 0.241. The molecule has 1 heterocycles. The largest absolute Gasteiger partial charge is 0.491 e. The minimum atomic E-state index is 0.230. The third kappa shape index (κ3) is 4.45. The van der Waals surface area contributed by atoms with E-state index < -0.39 is 0 Å². The Morgan fingerprint density at radius 3 is 2.43 bits per heavy atom. The predicted molar refractivity (Wildman–Crippen MR) is 88.8 cm³/mol. The molecule has 1 aromatic rings. The lowest BCUT2D eigenvalue weighted by Gasteiger charge is -2.26. The summed E-state index contributed by atoms with van der Waals surface area (Å²) in [4.78, 5) is 2.48. The van der Waals surface area contributed by atoms with Gasteiger partial charge in [0.05, 0.1) is 6.10 Å². The molecule has 1 aromatic carbocycles. The summed E-state index contributed by atoms with van der Waals surface area (Å²) in [5.41, 5.74) is 1.40. The van der Waals surface area contributed by atoms with Gasteiger partial charge in [0, 0.05) is 18.6 Å². The first-order chi connectivity index (χ1) is 9.97. The molecule has 0 radical (unpaired) electrons. The lowest BCUT2D eigenvalue weighted by Crippen LogP contribution is -2.32. The summed E-state index contributed by atoms with van der Waals surface area (Å²) in [5.74, 6) is 1.65. The molecule has 1 N–H and O–H groups in total. The fraction of sp³-hybridized carbons (Fsp3) is 0.667. The summed E-state index contributed by atoms with van der Waals surface area (Å²) < 4.78 is 5.74. The van der Waals surface area contributed by atoms with Gasteiger partial charge in [-0.2, -0.15) is 0 Å². The van der Waals surface area contributed by atoms with Crippen molar-refractivity contribution in [2.24, 2.45) is 5.92 Å². The van der Waals surface area contributed by atoms with Crippen molar-refractivity contribution < 1.29 is 4.74 Å². The molecule has 0 saturated carbocycles. The molecule has 1 aliphatic rings. The Kier molecular flexibility index (Phi) is 5.65. The maximum Gasteiger partial charge on any atom is 0.119 e. The molecule has 1 saturated heterocycles. The fourth-order valence-electron chi connectivity index (χ4n) is 3.17. The second-order valence-electron chi connectivity index (χ2n) is 6.77. The molecular weight excluding hydrogens is 260 g/mol. The van der Waals surface area contributed by atoms with E-state index in [9.17, 15) is 0 Å². The van der Waals surface area contributed by atoms with Crippen LogP contribution in [0.25, 0.3) is 0 Å². The molecule has 0 bridgehead atoms. The molecule has 1 fully saturated rings. The zero-order valence-electron chi connectivity index (χ0n) is 14.1. The molecular formula is C18H30N2O. The highest BCUT2D eigenvalue weighted by Crippen LogP contribution is 2.36. The second kappa shape index (κ2) is 7.28. The van der Waals surface area contributed by atoms with E-state index in [1.54, 1.807) is 0 Å². The highest BCUT2D eigenvalue weighted by Gasteiger charge is 2.32. The van der Waals surface area contributed by atoms with Crippen LogP contribution in [0.5, 0.6) is 5.75 Å². The molecule has 2 rings (SSSR count). The van der Waals surface area contributed by atoms with E-state index in [4.69, 9.17) is 4.74 Å². The molecule has 2 unspecified atom stereocenters. The highest BCUT2D eigenvalue weighted by molar-refractivity contribution is 5.30. The van der Waals surface area contributed by atoms with Crippen molar-refractivity contribution in [2.75, 3.05) is 20.1 Å². The minimum Gasteiger partial charge on any atom is -0.491 e. The van der Waals surface area contributed by atoms with Crippen LogP contribution in [0.4, 0.5) is 0 Å². The Bertz CT molecular complexity index is 427. The molecule has 3 heteroatoms. The SMILES string of the molecule is CC(C)NCC1CCN(C)C1c1ccc(OC(C)C)cc1. The zero-order chi connectivity index (χ0) is 15.4. The van der Waals surface area contributed by atoms with Crippen molar-refractivity contribution in [2.45, 2.75) is 52.3 Å². The van der Waals surface area contributed by atoms with Gasteiger partial charge >= 0.3 is 0 Å². The molecule has 0 spiro atoms. The molecule has 1 aliphatic heterocycles. The Hall–Kier alpha value is -1.06. The van der Waals surface area contributed by atoms with E-state index in [0.29, 0.717) is 18.0 Å². The van der Waals surface area contributed by atoms with Crippen molar-refractivity contribution in [3.05, 3.63) is 29.8 Å². The number of likely N-dealkylation sites (tertiary alicyclic amines) is 1. The standard InChI is InChI=1S/C18H30N2O/c1-13(2)19-12-16-10-11-20(5)18(16)15-6-8-17(9-7-15)21-14(3)4/h6-9,13-14,16,18-19H,10-12H2,1-5H3. The number of rotatable bonds is 6. The first kappa shape index (κ1) is 16.3. The zero-order valence-corrected chi connectivity index (χ0v) is 14.1. The van der Waals surface area contributed by atoms with Gasteiger partial charge in [-0.25, -0.2) is 0 Å². The van der Waals surface area contributed by atoms with Crippen LogP contribution in [0.3, 0.4) is 0 Å². The number of nitrogens with zero attached hydrogens (tertiary/aromatic N) is 1. The number of nitrogens with one attached hydrogen (secondary N) is 1. The van der Waals surface area contributed by atoms with Crippen LogP contribution in [-0.2, 0) is 0 Å². The third-order valence-electron chi connectivity index (χ3n) is 4.16. The van der Waals surface area contributed by atoms with E-state index in [0.717, 1.165) is 12.3 Å². The molecule has 3 nitrogen and oxygen atoms in total. The van der Waals surface area contributed by atoms with Gasteiger partial charge < -0.3 is 10.1 Å². The second-order valence-corrected chi connectivity index (χ2v) is 6.77. The summed E-state index contributed by atoms with van der Waals surface area (Å²) in [6, 6.07) is 9.74.